The Kier molecular flexibility index (Phi) is 4.70. The Morgan fingerprint density at radius 1 is 1.03 bits per heavy atom. The molecule has 1 heterocycles. The molecule has 6 nitrogen and oxygen atoms in total. The topological polar surface area (TPSA) is 77.8 Å². The molecule has 160 valence electrons. The number of rotatable bonds is 4. The first-order chi connectivity index (χ1) is 15.5. The van der Waals surface area contributed by atoms with Crippen LogP contribution in [0, 0.1) is 0 Å². The number of carbonyl (C=O) groups is 2. The normalized spacial score (nSPS) is 12.4. The number of aromatic hydroxyl groups is 1. The zero-order valence-corrected chi connectivity index (χ0v) is 17.7. The Bertz CT molecular complexity index is 1380. The van der Waals surface area contributed by atoms with Crippen molar-refractivity contribution >= 4 is 22.7 Å². The molecule has 0 atom stereocenters. The third-order valence-electron chi connectivity index (χ3n) is 6.04. The van der Waals surface area contributed by atoms with Crippen LogP contribution in [0.3, 0.4) is 0 Å². The van der Waals surface area contributed by atoms with Gasteiger partial charge in [0.05, 0.1) is 25.4 Å². The number of benzene rings is 3. The van der Waals surface area contributed by atoms with Gasteiger partial charge in [0.1, 0.15) is 17.1 Å². The lowest BCUT2D eigenvalue weighted by Gasteiger charge is -2.18. The Morgan fingerprint density at radius 3 is 2.50 bits per heavy atom. The third kappa shape index (κ3) is 2.95. The highest BCUT2D eigenvalue weighted by Gasteiger charge is 2.33. The number of hydrogen-bond acceptors (Lipinski definition) is 5. The van der Waals surface area contributed by atoms with Crippen molar-refractivity contribution in [1.29, 1.82) is 0 Å². The molecule has 0 spiro atoms. The molecule has 6 heteroatoms. The maximum atomic E-state index is 13.6. The zero-order chi connectivity index (χ0) is 22.4. The molecular formula is C26H21NO5. The SMILES string of the molecule is COC(=O)c1c(O)ccc2c1c1c(n2Cc2ccc(OC)cc2)C(=O)c2ccccc2C1. The van der Waals surface area contributed by atoms with E-state index in [1.165, 1.54) is 13.2 Å². The van der Waals surface area contributed by atoms with Gasteiger partial charge in [-0.3, -0.25) is 4.79 Å². The van der Waals surface area contributed by atoms with E-state index in [1.54, 1.807) is 13.2 Å². The van der Waals surface area contributed by atoms with Gasteiger partial charge in [0.2, 0.25) is 5.78 Å². The van der Waals surface area contributed by atoms with E-state index in [1.807, 2.05) is 53.1 Å². The van der Waals surface area contributed by atoms with Gasteiger partial charge in [-0.2, -0.15) is 0 Å². The maximum Gasteiger partial charge on any atom is 0.342 e. The van der Waals surface area contributed by atoms with E-state index in [0.29, 0.717) is 35.1 Å². The van der Waals surface area contributed by atoms with E-state index < -0.39 is 5.97 Å². The minimum atomic E-state index is -0.635. The van der Waals surface area contributed by atoms with Gasteiger partial charge in [0.15, 0.2) is 0 Å². The van der Waals surface area contributed by atoms with Crippen molar-refractivity contribution in [3.8, 4) is 11.5 Å². The fourth-order valence-corrected chi connectivity index (χ4v) is 4.55. The van der Waals surface area contributed by atoms with E-state index in [-0.39, 0.29) is 17.1 Å². The van der Waals surface area contributed by atoms with Gasteiger partial charge < -0.3 is 19.1 Å². The average Bonchev–Trinajstić information content (AvgIpc) is 3.12. The molecule has 0 saturated heterocycles. The molecule has 0 unspecified atom stereocenters. The van der Waals surface area contributed by atoms with Crippen LogP contribution in [0.25, 0.3) is 10.9 Å². The average molecular weight is 427 g/mol. The fraction of sp³-hybridized carbons (Fsp3) is 0.154. The smallest absolute Gasteiger partial charge is 0.342 e. The second-order valence-corrected chi connectivity index (χ2v) is 7.77. The van der Waals surface area contributed by atoms with Crippen molar-refractivity contribution in [3.63, 3.8) is 0 Å². The minimum Gasteiger partial charge on any atom is -0.507 e. The summed E-state index contributed by atoms with van der Waals surface area (Å²) in [5.41, 5.74) is 4.58. The van der Waals surface area contributed by atoms with Crippen LogP contribution in [0.5, 0.6) is 11.5 Å². The number of phenols is 1. The number of hydrogen-bond donors (Lipinski definition) is 1. The predicted octanol–water partition coefficient (Wildman–Crippen LogP) is 4.33. The second-order valence-electron chi connectivity index (χ2n) is 7.77. The number of aromatic nitrogens is 1. The van der Waals surface area contributed by atoms with Gasteiger partial charge in [0, 0.05) is 23.9 Å². The molecule has 4 aromatic rings. The molecular weight excluding hydrogens is 406 g/mol. The van der Waals surface area contributed by atoms with Crippen LogP contribution in [0.4, 0.5) is 0 Å². The highest BCUT2D eigenvalue weighted by molar-refractivity contribution is 6.18. The number of methoxy groups -OCH3 is 2. The summed E-state index contributed by atoms with van der Waals surface area (Å²) in [6, 6.07) is 18.3. The summed E-state index contributed by atoms with van der Waals surface area (Å²) < 4.78 is 12.1. The monoisotopic (exact) mass is 427 g/mol. The van der Waals surface area contributed by atoms with Gasteiger partial charge in [-0.15, -0.1) is 0 Å². The number of phenolic OH excluding ortho intramolecular Hbond substituents is 1. The number of ketones is 1. The summed E-state index contributed by atoms with van der Waals surface area (Å²) in [6.07, 6.45) is 0.483. The molecule has 1 aromatic heterocycles. The molecule has 0 fully saturated rings. The second kappa shape index (κ2) is 7.57. The Balaban J connectivity index is 1.79. The molecule has 1 N–H and O–H groups in total. The van der Waals surface area contributed by atoms with Crippen LogP contribution in [-0.4, -0.2) is 35.6 Å². The van der Waals surface area contributed by atoms with Crippen LogP contribution >= 0.6 is 0 Å². The lowest BCUT2D eigenvalue weighted by atomic mass is 9.87. The lowest BCUT2D eigenvalue weighted by molar-refractivity contribution is 0.0599. The molecule has 32 heavy (non-hydrogen) atoms. The van der Waals surface area contributed by atoms with E-state index >= 15 is 0 Å². The lowest BCUT2D eigenvalue weighted by Crippen LogP contribution is -2.19. The number of carbonyl (C=O) groups excluding carboxylic acids is 2. The highest BCUT2D eigenvalue weighted by Crippen LogP contribution is 2.40. The molecule has 0 saturated carbocycles. The summed E-state index contributed by atoms with van der Waals surface area (Å²) in [4.78, 5) is 26.2. The van der Waals surface area contributed by atoms with Gasteiger partial charge in [-0.25, -0.2) is 4.79 Å². The van der Waals surface area contributed by atoms with Crippen LogP contribution in [0.2, 0.25) is 0 Å². The first-order valence-corrected chi connectivity index (χ1v) is 10.2. The number of esters is 1. The van der Waals surface area contributed by atoms with E-state index in [4.69, 9.17) is 9.47 Å². The minimum absolute atomic E-state index is 0.0851. The Hall–Kier alpha value is -4.06. The molecule has 1 aliphatic rings. The summed E-state index contributed by atoms with van der Waals surface area (Å²) in [5.74, 6) is -0.151. The number of nitrogens with zero attached hydrogens (tertiary/aromatic N) is 1. The summed E-state index contributed by atoms with van der Waals surface area (Å²) in [6.45, 7) is 0.426. The molecule has 5 rings (SSSR count). The summed E-state index contributed by atoms with van der Waals surface area (Å²) in [7, 11) is 2.89. The van der Waals surface area contributed by atoms with Crippen LogP contribution < -0.4 is 4.74 Å². The van der Waals surface area contributed by atoms with Crippen molar-refractivity contribution in [1.82, 2.24) is 4.57 Å². The quantitative estimate of drug-likeness (QED) is 0.432. The van der Waals surface area contributed by atoms with Gasteiger partial charge in [-0.05, 0) is 41.0 Å². The Morgan fingerprint density at radius 2 is 1.78 bits per heavy atom. The Labute approximate surface area is 184 Å². The van der Waals surface area contributed by atoms with Crippen LogP contribution in [0.1, 0.15) is 43.1 Å². The molecule has 0 amide bonds. The van der Waals surface area contributed by atoms with Crippen LogP contribution in [-0.2, 0) is 17.7 Å². The third-order valence-corrected chi connectivity index (χ3v) is 6.04. The number of ether oxygens (including phenoxy) is 2. The van der Waals surface area contributed by atoms with E-state index in [9.17, 15) is 14.7 Å². The summed E-state index contributed by atoms with van der Waals surface area (Å²) >= 11 is 0. The summed E-state index contributed by atoms with van der Waals surface area (Å²) in [5, 5.41) is 11.1. The standard InChI is InChI=1S/C26H21NO5/c1-31-17-9-7-15(8-10-17)14-27-20-11-12-21(28)23(26(30)32-2)22(20)19-13-16-5-3-4-6-18(16)25(29)24(19)27/h3-12,28H,13-14H2,1-2H3. The molecule has 0 aliphatic heterocycles. The van der Waals surface area contributed by atoms with Gasteiger partial charge in [-0.1, -0.05) is 36.4 Å². The van der Waals surface area contributed by atoms with Crippen molar-refractivity contribution in [2.24, 2.45) is 0 Å². The molecule has 1 aliphatic carbocycles. The van der Waals surface area contributed by atoms with Crippen molar-refractivity contribution in [2.45, 2.75) is 13.0 Å². The maximum absolute atomic E-state index is 13.6. The predicted molar refractivity (Wildman–Crippen MR) is 120 cm³/mol. The first-order valence-electron chi connectivity index (χ1n) is 10.2. The molecule has 0 bridgehead atoms. The molecule has 0 radical (unpaired) electrons. The van der Waals surface area contributed by atoms with Gasteiger partial charge >= 0.3 is 5.97 Å². The van der Waals surface area contributed by atoms with Crippen LogP contribution in [0.15, 0.2) is 60.7 Å². The molecule has 3 aromatic carbocycles. The zero-order valence-electron chi connectivity index (χ0n) is 17.7. The number of fused-ring (bicyclic) bond motifs is 4. The first kappa shape index (κ1) is 19.9. The van der Waals surface area contributed by atoms with Crippen molar-refractivity contribution in [2.75, 3.05) is 14.2 Å². The van der Waals surface area contributed by atoms with E-state index in [0.717, 1.165) is 22.4 Å². The van der Waals surface area contributed by atoms with E-state index in [2.05, 4.69) is 0 Å². The van der Waals surface area contributed by atoms with Crippen molar-refractivity contribution in [3.05, 3.63) is 94.2 Å². The van der Waals surface area contributed by atoms with Crippen molar-refractivity contribution < 1.29 is 24.2 Å². The largest absolute Gasteiger partial charge is 0.507 e. The van der Waals surface area contributed by atoms with Gasteiger partial charge in [0.25, 0.3) is 0 Å². The fourth-order valence-electron chi connectivity index (χ4n) is 4.55. The highest BCUT2D eigenvalue weighted by atomic mass is 16.5.